The molecule has 0 saturated heterocycles. The third-order valence-corrected chi connectivity index (χ3v) is 3.18. The lowest BCUT2D eigenvalue weighted by molar-refractivity contribution is -0.120. The van der Waals surface area contributed by atoms with E-state index < -0.39 is 11.9 Å². The fourth-order valence-electron chi connectivity index (χ4n) is 2.04. The van der Waals surface area contributed by atoms with Gasteiger partial charge in [0.25, 0.3) is 5.91 Å². The lowest BCUT2D eigenvalue weighted by atomic mass is 10.1. The molecule has 1 unspecified atom stereocenters. The van der Waals surface area contributed by atoms with Crippen LogP contribution in [0.1, 0.15) is 22.0 Å². The summed E-state index contributed by atoms with van der Waals surface area (Å²) in [5.41, 5.74) is 6.44. The van der Waals surface area contributed by atoms with Gasteiger partial charge >= 0.3 is 0 Å². The molecule has 5 nitrogen and oxygen atoms in total. The van der Waals surface area contributed by atoms with Crippen molar-refractivity contribution in [3.63, 3.8) is 0 Å². The molecule has 0 heterocycles. The van der Waals surface area contributed by atoms with E-state index in [-0.39, 0.29) is 5.91 Å². The third-order valence-electron chi connectivity index (χ3n) is 3.18. The van der Waals surface area contributed by atoms with Crippen LogP contribution in [0.3, 0.4) is 0 Å². The molecule has 3 N–H and O–H groups in total. The van der Waals surface area contributed by atoms with Crippen LogP contribution in [0.4, 0.5) is 0 Å². The fourth-order valence-corrected chi connectivity index (χ4v) is 2.04. The summed E-state index contributed by atoms with van der Waals surface area (Å²) in [5.74, 6) is -0.362. The van der Waals surface area contributed by atoms with E-state index in [2.05, 4.69) is 11.9 Å². The van der Waals surface area contributed by atoms with Gasteiger partial charge in [0.05, 0.1) is 0 Å². The number of amides is 2. The first kappa shape index (κ1) is 16.3. The van der Waals surface area contributed by atoms with Crippen LogP contribution in [0, 0.1) is 0 Å². The number of ether oxygens (including phenoxy) is 1. The highest BCUT2D eigenvalue weighted by molar-refractivity contribution is 5.97. The van der Waals surface area contributed by atoms with Crippen molar-refractivity contribution >= 4 is 11.8 Å². The monoisotopic (exact) mass is 310 g/mol. The van der Waals surface area contributed by atoms with Gasteiger partial charge in [-0.05, 0) is 29.8 Å². The van der Waals surface area contributed by atoms with Crippen molar-refractivity contribution in [3.8, 4) is 5.75 Å². The Morgan fingerprint density at radius 2 is 1.78 bits per heavy atom. The Labute approximate surface area is 134 Å². The van der Waals surface area contributed by atoms with Gasteiger partial charge in [0.2, 0.25) is 5.91 Å². The van der Waals surface area contributed by atoms with E-state index in [0.29, 0.717) is 23.5 Å². The lowest BCUT2D eigenvalue weighted by Crippen LogP contribution is -2.37. The molecule has 23 heavy (non-hydrogen) atoms. The molecule has 5 heteroatoms. The van der Waals surface area contributed by atoms with Crippen molar-refractivity contribution in [1.29, 1.82) is 0 Å². The lowest BCUT2D eigenvalue weighted by Gasteiger charge is -2.16. The van der Waals surface area contributed by atoms with E-state index in [0.717, 1.165) is 0 Å². The number of nitrogens with two attached hydrogens (primary N) is 1. The van der Waals surface area contributed by atoms with Gasteiger partial charge in [0.1, 0.15) is 18.4 Å². The summed E-state index contributed by atoms with van der Waals surface area (Å²) in [6, 6.07) is 14.6. The highest BCUT2D eigenvalue weighted by Crippen LogP contribution is 2.15. The zero-order chi connectivity index (χ0) is 16.7. The molecule has 0 aliphatic heterocycles. The van der Waals surface area contributed by atoms with Crippen molar-refractivity contribution in [2.45, 2.75) is 6.04 Å². The number of primary amides is 1. The quantitative estimate of drug-likeness (QED) is 0.769. The van der Waals surface area contributed by atoms with Crippen molar-refractivity contribution in [1.82, 2.24) is 5.32 Å². The predicted octanol–water partition coefficient (Wildman–Crippen LogP) is 2.21. The summed E-state index contributed by atoms with van der Waals surface area (Å²) >= 11 is 0. The van der Waals surface area contributed by atoms with Crippen LogP contribution in [0.2, 0.25) is 0 Å². The van der Waals surface area contributed by atoms with Crippen molar-refractivity contribution in [2.24, 2.45) is 5.73 Å². The Morgan fingerprint density at radius 1 is 1.13 bits per heavy atom. The molecule has 2 amide bonds. The van der Waals surface area contributed by atoms with E-state index in [4.69, 9.17) is 10.5 Å². The van der Waals surface area contributed by atoms with Gasteiger partial charge in [0, 0.05) is 5.56 Å². The predicted molar refractivity (Wildman–Crippen MR) is 88.0 cm³/mol. The number of rotatable bonds is 7. The van der Waals surface area contributed by atoms with Crippen LogP contribution in [-0.4, -0.2) is 18.4 Å². The number of carbonyl (C=O) groups is 2. The molecule has 2 rings (SSSR count). The van der Waals surface area contributed by atoms with Gasteiger partial charge in [-0.2, -0.15) is 0 Å². The standard InChI is InChI=1S/C18H18N2O3/c1-2-12-23-15-10-8-14(9-11-15)18(22)20-16(17(19)21)13-6-4-3-5-7-13/h2-11,16H,1,12H2,(H2,19,21)(H,20,22). The Balaban J connectivity index is 2.10. The SMILES string of the molecule is C=CCOc1ccc(C(=O)NC(C(N)=O)c2ccccc2)cc1. The van der Waals surface area contributed by atoms with Gasteiger partial charge in [0.15, 0.2) is 0 Å². The molecule has 0 radical (unpaired) electrons. The molecular weight excluding hydrogens is 292 g/mol. The van der Waals surface area contributed by atoms with Crippen molar-refractivity contribution < 1.29 is 14.3 Å². The first-order valence-corrected chi connectivity index (χ1v) is 7.10. The van der Waals surface area contributed by atoms with Gasteiger partial charge in [-0.15, -0.1) is 0 Å². The average molecular weight is 310 g/mol. The minimum absolute atomic E-state index is 0.382. The van der Waals surface area contributed by atoms with Gasteiger partial charge in [-0.3, -0.25) is 9.59 Å². The van der Waals surface area contributed by atoms with E-state index in [1.165, 1.54) is 0 Å². The number of benzene rings is 2. The maximum atomic E-state index is 12.3. The maximum absolute atomic E-state index is 12.3. The Hall–Kier alpha value is -3.08. The Morgan fingerprint density at radius 3 is 2.35 bits per heavy atom. The number of hydrogen-bond donors (Lipinski definition) is 2. The third kappa shape index (κ3) is 4.44. The molecule has 0 fully saturated rings. The normalized spacial score (nSPS) is 11.3. The Kier molecular flexibility index (Phi) is 5.52. The highest BCUT2D eigenvalue weighted by Gasteiger charge is 2.20. The maximum Gasteiger partial charge on any atom is 0.252 e. The first-order chi connectivity index (χ1) is 11.1. The summed E-state index contributed by atoms with van der Waals surface area (Å²) in [4.78, 5) is 23.9. The highest BCUT2D eigenvalue weighted by atomic mass is 16.5. The molecule has 0 aromatic heterocycles. The molecule has 2 aromatic carbocycles. The smallest absolute Gasteiger partial charge is 0.252 e. The summed E-state index contributed by atoms with van der Waals surface area (Å²) in [6.45, 7) is 3.96. The van der Waals surface area contributed by atoms with Crippen LogP contribution < -0.4 is 15.8 Å². The van der Waals surface area contributed by atoms with E-state index >= 15 is 0 Å². The molecule has 2 aromatic rings. The second kappa shape index (κ2) is 7.79. The van der Waals surface area contributed by atoms with Crippen LogP contribution in [0.25, 0.3) is 0 Å². The minimum Gasteiger partial charge on any atom is -0.490 e. The number of nitrogens with one attached hydrogen (secondary N) is 1. The van der Waals surface area contributed by atoms with E-state index in [1.54, 1.807) is 54.6 Å². The first-order valence-electron chi connectivity index (χ1n) is 7.10. The zero-order valence-electron chi connectivity index (χ0n) is 12.6. The number of hydrogen-bond acceptors (Lipinski definition) is 3. The molecule has 118 valence electrons. The average Bonchev–Trinajstić information content (AvgIpc) is 2.58. The summed E-state index contributed by atoms with van der Waals surface area (Å²) in [7, 11) is 0. The second-order valence-electron chi connectivity index (χ2n) is 4.84. The topological polar surface area (TPSA) is 81.4 Å². The summed E-state index contributed by atoms with van der Waals surface area (Å²) < 4.78 is 5.35. The van der Waals surface area contributed by atoms with Crippen LogP contribution >= 0.6 is 0 Å². The molecule has 0 aliphatic rings. The Bertz CT molecular complexity index is 681. The van der Waals surface area contributed by atoms with Gasteiger partial charge in [-0.1, -0.05) is 43.0 Å². The minimum atomic E-state index is -0.875. The molecule has 0 bridgehead atoms. The van der Waals surface area contributed by atoms with Gasteiger partial charge in [-0.25, -0.2) is 0 Å². The van der Waals surface area contributed by atoms with E-state index in [1.807, 2.05) is 6.07 Å². The molecular formula is C18H18N2O3. The van der Waals surface area contributed by atoms with Crippen molar-refractivity contribution in [3.05, 3.63) is 78.4 Å². The van der Waals surface area contributed by atoms with Crippen LogP contribution in [0.5, 0.6) is 5.75 Å². The summed E-state index contributed by atoms with van der Waals surface area (Å²) in [5, 5.41) is 2.64. The fraction of sp³-hybridized carbons (Fsp3) is 0.111. The summed E-state index contributed by atoms with van der Waals surface area (Å²) in [6.07, 6.45) is 1.64. The molecule has 1 atom stereocenters. The van der Waals surface area contributed by atoms with E-state index in [9.17, 15) is 9.59 Å². The second-order valence-corrected chi connectivity index (χ2v) is 4.84. The van der Waals surface area contributed by atoms with Crippen LogP contribution in [-0.2, 0) is 4.79 Å². The van der Waals surface area contributed by atoms with Gasteiger partial charge < -0.3 is 15.8 Å². The molecule has 0 saturated carbocycles. The molecule has 0 aliphatic carbocycles. The molecule has 0 spiro atoms. The van der Waals surface area contributed by atoms with Crippen LogP contribution in [0.15, 0.2) is 67.3 Å². The largest absolute Gasteiger partial charge is 0.490 e. The van der Waals surface area contributed by atoms with Crippen molar-refractivity contribution in [2.75, 3.05) is 6.61 Å². The zero-order valence-corrected chi connectivity index (χ0v) is 12.6. The number of carbonyl (C=O) groups excluding carboxylic acids is 2.